The fourth-order valence-corrected chi connectivity index (χ4v) is 2.49. The largest absolute Gasteiger partial charge is 0.337 e. The smallest absolute Gasteiger partial charge is 0.255 e. The van der Waals surface area contributed by atoms with Gasteiger partial charge in [0.05, 0.1) is 27.6 Å². The molecular weight excluding hydrogens is 271 g/mol. The number of likely N-dealkylation sites (tertiary alicyclic amines) is 1. The molecule has 0 spiro atoms. The third-order valence-electron chi connectivity index (χ3n) is 3.07. The van der Waals surface area contributed by atoms with Gasteiger partial charge in [-0.3, -0.25) is 4.79 Å². The van der Waals surface area contributed by atoms with Crippen LogP contribution >= 0.6 is 23.2 Å². The van der Waals surface area contributed by atoms with Crippen LogP contribution in [0.1, 0.15) is 23.2 Å². The van der Waals surface area contributed by atoms with E-state index in [1.807, 2.05) is 0 Å². The molecule has 1 aliphatic rings. The maximum Gasteiger partial charge on any atom is 0.255 e. The van der Waals surface area contributed by atoms with Crippen LogP contribution < -0.4 is 0 Å². The Morgan fingerprint density at radius 1 is 1.44 bits per heavy atom. The van der Waals surface area contributed by atoms with Crippen molar-refractivity contribution in [2.75, 3.05) is 13.1 Å². The van der Waals surface area contributed by atoms with Gasteiger partial charge in [-0.15, -0.1) is 0 Å². The first-order valence-corrected chi connectivity index (χ1v) is 6.52. The summed E-state index contributed by atoms with van der Waals surface area (Å²) in [4.78, 5) is 14.0. The van der Waals surface area contributed by atoms with Crippen molar-refractivity contribution in [1.82, 2.24) is 4.90 Å². The molecule has 1 unspecified atom stereocenters. The third kappa shape index (κ3) is 2.60. The molecule has 0 bridgehead atoms. The Kier molecular flexibility index (Phi) is 4.11. The van der Waals surface area contributed by atoms with E-state index in [2.05, 4.69) is 6.07 Å². The van der Waals surface area contributed by atoms with Crippen molar-refractivity contribution in [3.05, 3.63) is 33.8 Å². The average molecular weight is 283 g/mol. The van der Waals surface area contributed by atoms with Crippen molar-refractivity contribution in [3.63, 3.8) is 0 Å². The number of piperidine rings is 1. The molecule has 1 aromatic rings. The van der Waals surface area contributed by atoms with E-state index in [9.17, 15) is 4.79 Å². The van der Waals surface area contributed by atoms with Gasteiger partial charge in [0, 0.05) is 13.1 Å². The van der Waals surface area contributed by atoms with Gasteiger partial charge in [0.2, 0.25) is 0 Å². The van der Waals surface area contributed by atoms with E-state index in [0.29, 0.717) is 23.7 Å². The summed E-state index contributed by atoms with van der Waals surface area (Å²) in [6, 6.07) is 7.22. The summed E-state index contributed by atoms with van der Waals surface area (Å²) in [6.07, 6.45) is 1.70. The van der Waals surface area contributed by atoms with Gasteiger partial charge < -0.3 is 4.90 Å². The second-order valence-electron chi connectivity index (χ2n) is 4.32. The molecule has 1 aliphatic heterocycles. The summed E-state index contributed by atoms with van der Waals surface area (Å²) in [5.74, 6) is -0.233. The van der Waals surface area contributed by atoms with Crippen LogP contribution in [0.4, 0.5) is 0 Å². The Labute approximate surface area is 116 Å². The molecule has 1 aromatic carbocycles. The SMILES string of the molecule is N#CC1CCCN(C(=O)c2cccc(Cl)c2Cl)C1. The molecule has 5 heteroatoms. The maximum atomic E-state index is 12.3. The fraction of sp³-hybridized carbons (Fsp3) is 0.385. The van der Waals surface area contributed by atoms with Gasteiger partial charge in [0.15, 0.2) is 0 Å². The number of nitrogens with zero attached hydrogens (tertiary/aromatic N) is 2. The number of halogens is 2. The molecule has 94 valence electrons. The second-order valence-corrected chi connectivity index (χ2v) is 5.11. The van der Waals surface area contributed by atoms with Crippen LogP contribution in [-0.2, 0) is 0 Å². The van der Waals surface area contributed by atoms with E-state index in [-0.39, 0.29) is 16.8 Å². The highest BCUT2D eigenvalue weighted by Gasteiger charge is 2.25. The van der Waals surface area contributed by atoms with Crippen molar-refractivity contribution < 1.29 is 4.79 Å². The zero-order chi connectivity index (χ0) is 13.1. The average Bonchev–Trinajstić information content (AvgIpc) is 2.41. The third-order valence-corrected chi connectivity index (χ3v) is 3.89. The number of hydrogen-bond acceptors (Lipinski definition) is 2. The summed E-state index contributed by atoms with van der Waals surface area (Å²) in [5.41, 5.74) is 0.405. The normalized spacial score (nSPS) is 19.4. The summed E-state index contributed by atoms with van der Waals surface area (Å²) in [5, 5.41) is 9.58. The minimum atomic E-state index is -0.151. The molecule has 0 N–H and O–H groups in total. The molecule has 1 atom stereocenters. The highest BCUT2D eigenvalue weighted by Crippen LogP contribution is 2.27. The molecule has 18 heavy (non-hydrogen) atoms. The van der Waals surface area contributed by atoms with Crippen LogP contribution in [0, 0.1) is 17.2 Å². The summed E-state index contributed by atoms with van der Waals surface area (Å²) >= 11 is 11.9. The zero-order valence-corrected chi connectivity index (χ0v) is 11.2. The number of carbonyl (C=O) groups excluding carboxylic acids is 1. The monoisotopic (exact) mass is 282 g/mol. The van der Waals surface area contributed by atoms with Gasteiger partial charge in [-0.2, -0.15) is 5.26 Å². The molecule has 3 nitrogen and oxygen atoms in total. The number of hydrogen-bond donors (Lipinski definition) is 0. The zero-order valence-electron chi connectivity index (χ0n) is 9.70. The standard InChI is InChI=1S/C13H12Cl2N2O/c14-11-5-1-4-10(12(11)15)13(18)17-6-2-3-9(7-16)8-17/h1,4-5,9H,2-3,6,8H2. The lowest BCUT2D eigenvalue weighted by Gasteiger charge is -2.29. The van der Waals surface area contributed by atoms with E-state index in [1.165, 1.54) is 0 Å². The van der Waals surface area contributed by atoms with Crippen LogP contribution in [0.5, 0.6) is 0 Å². The Morgan fingerprint density at radius 2 is 2.22 bits per heavy atom. The topological polar surface area (TPSA) is 44.1 Å². The molecule has 0 aliphatic carbocycles. The van der Waals surface area contributed by atoms with E-state index >= 15 is 0 Å². The van der Waals surface area contributed by atoms with Crippen LogP contribution in [-0.4, -0.2) is 23.9 Å². The van der Waals surface area contributed by atoms with Crippen molar-refractivity contribution >= 4 is 29.1 Å². The molecule has 0 radical (unpaired) electrons. The van der Waals surface area contributed by atoms with Crippen molar-refractivity contribution in [3.8, 4) is 6.07 Å². The van der Waals surface area contributed by atoms with E-state index in [4.69, 9.17) is 28.5 Å². The van der Waals surface area contributed by atoms with Crippen LogP contribution in [0.3, 0.4) is 0 Å². The summed E-state index contributed by atoms with van der Waals surface area (Å²) in [7, 11) is 0. The Morgan fingerprint density at radius 3 is 2.94 bits per heavy atom. The first kappa shape index (κ1) is 13.2. The van der Waals surface area contributed by atoms with Crippen molar-refractivity contribution in [2.24, 2.45) is 5.92 Å². The quantitative estimate of drug-likeness (QED) is 0.793. The lowest BCUT2D eigenvalue weighted by molar-refractivity contribution is 0.0699. The maximum absolute atomic E-state index is 12.3. The first-order valence-electron chi connectivity index (χ1n) is 5.76. The molecule has 1 saturated heterocycles. The predicted octanol–water partition coefficient (Wildman–Crippen LogP) is 3.37. The Hall–Kier alpha value is -1.24. The van der Waals surface area contributed by atoms with Gasteiger partial charge >= 0.3 is 0 Å². The summed E-state index contributed by atoms with van der Waals surface area (Å²) < 4.78 is 0. The molecule has 1 amide bonds. The van der Waals surface area contributed by atoms with Crippen LogP contribution in [0.2, 0.25) is 10.0 Å². The van der Waals surface area contributed by atoms with Crippen molar-refractivity contribution in [2.45, 2.75) is 12.8 Å². The molecule has 0 saturated carbocycles. The molecular formula is C13H12Cl2N2O. The predicted molar refractivity (Wildman–Crippen MR) is 70.7 cm³/mol. The van der Waals surface area contributed by atoms with Crippen LogP contribution in [0.25, 0.3) is 0 Å². The number of nitriles is 1. The van der Waals surface area contributed by atoms with Crippen molar-refractivity contribution in [1.29, 1.82) is 5.26 Å². The number of rotatable bonds is 1. The first-order chi connectivity index (χ1) is 8.63. The minimum Gasteiger partial charge on any atom is -0.337 e. The molecule has 1 fully saturated rings. The minimum absolute atomic E-state index is 0.0827. The summed E-state index contributed by atoms with van der Waals surface area (Å²) in [6.45, 7) is 1.14. The van der Waals surface area contributed by atoms with Gasteiger partial charge in [-0.25, -0.2) is 0 Å². The van der Waals surface area contributed by atoms with Gasteiger partial charge in [0.1, 0.15) is 0 Å². The van der Waals surface area contributed by atoms with Crippen LogP contribution in [0.15, 0.2) is 18.2 Å². The molecule has 0 aromatic heterocycles. The number of benzene rings is 1. The lowest BCUT2D eigenvalue weighted by atomic mass is 9.99. The highest BCUT2D eigenvalue weighted by atomic mass is 35.5. The fourth-order valence-electron chi connectivity index (χ4n) is 2.11. The highest BCUT2D eigenvalue weighted by molar-refractivity contribution is 6.43. The van der Waals surface area contributed by atoms with E-state index in [1.54, 1.807) is 23.1 Å². The lowest BCUT2D eigenvalue weighted by Crippen LogP contribution is -2.39. The Balaban J connectivity index is 2.21. The molecule has 2 rings (SSSR count). The van der Waals surface area contributed by atoms with Gasteiger partial charge in [0.25, 0.3) is 5.91 Å². The van der Waals surface area contributed by atoms with E-state index < -0.39 is 0 Å². The van der Waals surface area contributed by atoms with E-state index in [0.717, 1.165) is 12.8 Å². The van der Waals surface area contributed by atoms with Gasteiger partial charge in [-0.05, 0) is 25.0 Å². The number of carbonyl (C=O) groups is 1. The van der Waals surface area contributed by atoms with Gasteiger partial charge in [-0.1, -0.05) is 29.3 Å². The molecule has 1 heterocycles. The number of amides is 1. The Bertz CT molecular complexity index is 510. The second kappa shape index (κ2) is 5.60.